The van der Waals surface area contributed by atoms with Crippen molar-refractivity contribution in [2.45, 2.75) is 25.3 Å². The molecule has 0 bridgehead atoms. The van der Waals surface area contributed by atoms with E-state index in [0.717, 1.165) is 16.7 Å². The molecule has 2 N–H and O–H groups in total. The Morgan fingerprint density at radius 3 is 2.60 bits per heavy atom. The van der Waals surface area contributed by atoms with Crippen LogP contribution in [0.15, 0.2) is 41.6 Å². The number of amides is 1. The van der Waals surface area contributed by atoms with Gasteiger partial charge in [-0.25, -0.2) is 13.1 Å². The molecule has 1 amide bonds. The molecule has 7 nitrogen and oxygen atoms in total. The number of hydrogen-bond acceptors (Lipinski definition) is 5. The van der Waals surface area contributed by atoms with Crippen LogP contribution in [0, 0.1) is 13.8 Å². The third-order valence-corrected chi connectivity index (χ3v) is 5.13. The lowest BCUT2D eigenvalue weighted by Crippen LogP contribution is -2.36. The second-order valence-electron chi connectivity index (χ2n) is 5.55. The molecule has 0 unspecified atom stereocenters. The summed E-state index contributed by atoms with van der Waals surface area (Å²) >= 11 is 0. The highest BCUT2D eigenvalue weighted by Crippen LogP contribution is 2.27. The van der Waals surface area contributed by atoms with Crippen LogP contribution in [0.4, 0.5) is 0 Å². The van der Waals surface area contributed by atoms with Crippen molar-refractivity contribution in [3.05, 3.63) is 53.3 Å². The number of aromatic nitrogens is 1. The zero-order chi connectivity index (χ0) is 18.4. The second-order valence-corrected chi connectivity index (χ2v) is 7.29. The summed E-state index contributed by atoms with van der Waals surface area (Å²) in [5.41, 5.74) is 2.57. The van der Waals surface area contributed by atoms with Gasteiger partial charge >= 0.3 is 0 Å². The Morgan fingerprint density at radius 1 is 1.24 bits per heavy atom. The third-order valence-electron chi connectivity index (χ3n) is 3.70. The van der Waals surface area contributed by atoms with Crippen LogP contribution in [0.3, 0.4) is 0 Å². The van der Waals surface area contributed by atoms with E-state index in [9.17, 15) is 13.2 Å². The zero-order valence-electron chi connectivity index (χ0n) is 14.4. The molecule has 0 aliphatic heterocycles. The molecular weight excluding hydrogens is 342 g/mol. The van der Waals surface area contributed by atoms with Gasteiger partial charge in [0.1, 0.15) is 10.6 Å². The SMILES string of the molecule is COc1cc(C)c(C)cc1S(=O)(=O)NCC(=O)NCc1cccnc1. The lowest BCUT2D eigenvalue weighted by atomic mass is 10.1. The maximum Gasteiger partial charge on any atom is 0.244 e. The number of ether oxygens (including phenoxy) is 1. The van der Waals surface area contributed by atoms with Crippen LogP contribution in [0.25, 0.3) is 0 Å². The monoisotopic (exact) mass is 363 g/mol. The number of carbonyl (C=O) groups excluding carboxylic acids is 1. The summed E-state index contributed by atoms with van der Waals surface area (Å²) < 4.78 is 32.4. The maximum absolute atomic E-state index is 12.5. The Labute approximate surface area is 147 Å². The minimum Gasteiger partial charge on any atom is -0.495 e. The van der Waals surface area contributed by atoms with Gasteiger partial charge in [0.25, 0.3) is 0 Å². The van der Waals surface area contributed by atoms with E-state index in [2.05, 4.69) is 15.0 Å². The molecule has 1 heterocycles. The smallest absolute Gasteiger partial charge is 0.244 e. The first-order chi connectivity index (χ1) is 11.8. The number of nitrogens with zero attached hydrogens (tertiary/aromatic N) is 1. The molecule has 0 aliphatic carbocycles. The fraction of sp³-hybridized carbons (Fsp3) is 0.294. The highest BCUT2D eigenvalue weighted by molar-refractivity contribution is 7.89. The zero-order valence-corrected chi connectivity index (χ0v) is 15.2. The van der Waals surface area contributed by atoms with Gasteiger partial charge in [-0.05, 0) is 48.7 Å². The van der Waals surface area contributed by atoms with E-state index in [0.29, 0.717) is 0 Å². The average molecular weight is 363 g/mol. The van der Waals surface area contributed by atoms with E-state index in [1.54, 1.807) is 24.5 Å². The first-order valence-electron chi connectivity index (χ1n) is 7.64. The number of rotatable bonds is 7. The molecule has 134 valence electrons. The summed E-state index contributed by atoms with van der Waals surface area (Å²) in [6.07, 6.45) is 3.26. The summed E-state index contributed by atoms with van der Waals surface area (Å²) in [6, 6.07) is 6.77. The van der Waals surface area contributed by atoms with Crippen molar-refractivity contribution < 1.29 is 17.9 Å². The van der Waals surface area contributed by atoms with E-state index in [-0.39, 0.29) is 23.7 Å². The largest absolute Gasteiger partial charge is 0.495 e. The number of nitrogens with one attached hydrogen (secondary N) is 2. The molecular formula is C17H21N3O4S. The first-order valence-corrected chi connectivity index (χ1v) is 9.12. The summed E-state index contributed by atoms with van der Waals surface area (Å²) in [5.74, 6) is -0.193. The topological polar surface area (TPSA) is 97.4 Å². The van der Waals surface area contributed by atoms with Crippen molar-refractivity contribution in [1.29, 1.82) is 0 Å². The van der Waals surface area contributed by atoms with E-state index in [1.807, 2.05) is 19.9 Å². The Bertz CT molecular complexity index is 852. The quantitative estimate of drug-likeness (QED) is 0.773. The molecule has 0 fully saturated rings. The van der Waals surface area contributed by atoms with Crippen molar-refractivity contribution in [2.24, 2.45) is 0 Å². The van der Waals surface area contributed by atoms with Crippen molar-refractivity contribution >= 4 is 15.9 Å². The van der Waals surface area contributed by atoms with Gasteiger partial charge in [0.2, 0.25) is 15.9 Å². The molecule has 0 saturated heterocycles. The molecule has 25 heavy (non-hydrogen) atoms. The van der Waals surface area contributed by atoms with Gasteiger partial charge in [0.05, 0.1) is 13.7 Å². The van der Waals surface area contributed by atoms with Crippen LogP contribution >= 0.6 is 0 Å². The molecule has 8 heteroatoms. The number of carbonyl (C=O) groups is 1. The van der Waals surface area contributed by atoms with Gasteiger partial charge in [-0.15, -0.1) is 0 Å². The van der Waals surface area contributed by atoms with Crippen molar-refractivity contribution in [1.82, 2.24) is 15.0 Å². The predicted molar refractivity (Wildman–Crippen MR) is 93.7 cm³/mol. The molecule has 2 aromatic rings. The number of aryl methyl sites for hydroxylation is 2. The Morgan fingerprint density at radius 2 is 1.96 bits per heavy atom. The molecule has 1 aromatic heterocycles. The molecule has 2 rings (SSSR count). The lowest BCUT2D eigenvalue weighted by molar-refractivity contribution is -0.120. The van der Waals surface area contributed by atoms with Crippen LogP contribution in [0.2, 0.25) is 0 Å². The molecule has 0 atom stereocenters. The Balaban J connectivity index is 2.02. The second kappa shape index (κ2) is 8.09. The fourth-order valence-electron chi connectivity index (χ4n) is 2.14. The molecule has 0 radical (unpaired) electrons. The van der Waals surface area contributed by atoms with E-state index >= 15 is 0 Å². The number of benzene rings is 1. The standard InChI is InChI=1S/C17H21N3O4S/c1-12-7-15(24-3)16(8-13(12)2)25(22,23)20-11-17(21)19-10-14-5-4-6-18-9-14/h4-9,20H,10-11H2,1-3H3,(H,19,21). The molecule has 1 aromatic carbocycles. The number of sulfonamides is 1. The summed E-state index contributed by atoms with van der Waals surface area (Å²) in [6.45, 7) is 3.60. The fourth-order valence-corrected chi connectivity index (χ4v) is 3.35. The molecule has 0 saturated carbocycles. The normalized spacial score (nSPS) is 11.2. The van der Waals surface area contributed by atoms with Crippen LogP contribution in [0.5, 0.6) is 5.75 Å². The van der Waals surface area contributed by atoms with Crippen molar-refractivity contribution in [2.75, 3.05) is 13.7 Å². The maximum atomic E-state index is 12.5. The summed E-state index contributed by atoms with van der Waals surface area (Å²) in [7, 11) is -2.46. The number of hydrogen-bond donors (Lipinski definition) is 2. The summed E-state index contributed by atoms with van der Waals surface area (Å²) in [5, 5.41) is 2.63. The minimum atomic E-state index is -3.87. The highest BCUT2D eigenvalue weighted by atomic mass is 32.2. The van der Waals surface area contributed by atoms with E-state index < -0.39 is 15.9 Å². The van der Waals surface area contributed by atoms with Crippen LogP contribution in [-0.4, -0.2) is 33.0 Å². The van der Waals surface area contributed by atoms with Gasteiger partial charge in [0.15, 0.2) is 0 Å². The van der Waals surface area contributed by atoms with Crippen LogP contribution in [-0.2, 0) is 21.4 Å². The molecule has 0 spiro atoms. The van der Waals surface area contributed by atoms with Gasteiger partial charge < -0.3 is 10.1 Å². The van der Waals surface area contributed by atoms with Gasteiger partial charge in [-0.1, -0.05) is 6.07 Å². The van der Waals surface area contributed by atoms with Gasteiger partial charge in [-0.2, -0.15) is 0 Å². The van der Waals surface area contributed by atoms with Crippen LogP contribution in [0.1, 0.15) is 16.7 Å². The highest BCUT2D eigenvalue weighted by Gasteiger charge is 2.21. The van der Waals surface area contributed by atoms with Gasteiger partial charge in [0, 0.05) is 18.9 Å². The summed E-state index contributed by atoms with van der Waals surface area (Å²) in [4.78, 5) is 15.8. The first kappa shape index (κ1) is 18.9. The van der Waals surface area contributed by atoms with Gasteiger partial charge in [-0.3, -0.25) is 9.78 Å². The van der Waals surface area contributed by atoms with Crippen LogP contribution < -0.4 is 14.8 Å². The van der Waals surface area contributed by atoms with E-state index in [4.69, 9.17) is 4.74 Å². The predicted octanol–water partition coefficient (Wildman–Crippen LogP) is 1.30. The van der Waals surface area contributed by atoms with Crippen molar-refractivity contribution in [3.63, 3.8) is 0 Å². The number of pyridine rings is 1. The van der Waals surface area contributed by atoms with Crippen molar-refractivity contribution in [3.8, 4) is 5.75 Å². The lowest BCUT2D eigenvalue weighted by Gasteiger charge is -2.13. The average Bonchev–Trinajstić information content (AvgIpc) is 2.61. The minimum absolute atomic E-state index is 0.0122. The Kier molecular flexibility index (Phi) is 6.11. The van der Waals surface area contributed by atoms with E-state index in [1.165, 1.54) is 13.2 Å². The third kappa shape index (κ3) is 5.01. The Hall–Kier alpha value is -2.45. The number of methoxy groups -OCH3 is 1. The molecule has 0 aliphatic rings.